The van der Waals surface area contributed by atoms with E-state index in [-0.39, 0.29) is 6.42 Å². The van der Waals surface area contributed by atoms with Gasteiger partial charge in [-0.05, 0) is 67.3 Å². The molecule has 196 valence electrons. The number of aryl methyl sites for hydroxylation is 1. The number of ether oxygens (including phenoxy) is 1. The van der Waals surface area contributed by atoms with Crippen molar-refractivity contribution >= 4 is 27.7 Å². The lowest BCUT2D eigenvalue weighted by atomic mass is 9.87. The molecule has 8 nitrogen and oxygen atoms in total. The van der Waals surface area contributed by atoms with Gasteiger partial charge < -0.3 is 14.9 Å². The van der Waals surface area contributed by atoms with Crippen molar-refractivity contribution in [3.63, 3.8) is 0 Å². The van der Waals surface area contributed by atoms with E-state index in [1.807, 2.05) is 43.3 Å². The van der Waals surface area contributed by atoms with Crippen molar-refractivity contribution in [1.29, 1.82) is 0 Å². The van der Waals surface area contributed by atoms with Crippen LogP contribution < -0.4 is 10.6 Å². The van der Waals surface area contributed by atoms with Crippen LogP contribution in [0.5, 0.6) is 5.75 Å². The van der Waals surface area contributed by atoms with Crippen LogP contribution in [0.2, 0.25) is 0 Å². The maximum absolute atomic E-state index is 11.6. The summed E-state index contributed by atoms with van der Waals surface area (Å²) < 4.78 is 11.8. The van der Waals surface area contributed by atoms with Gasteiger partial charge in [0.25, 0.3) is 0 Å². The average Bonchev–Trinajstić information content (AvgIpc) is 2.84. The second-order valence-corrected chi connectivity index (χ2v) is 9.63. The van der Waals surface area contributed by atoms with Crippen LogP contribution in [0.3, 0.4) is 0 Å². The highest BCUT2D eigenvalue weighted by atomic mass is 17.3. The Morgan fingerprint density at radius 1 is 1.16 bits per heavy atom. The summed E-state index contributed by atoms with van der Waals surface area (Å²) in [6, 6.07) is 16.1. The molecule has 0 spiro atoms. The van der Waals surface area contributed by atoms with Crippen molar-refractivity contribution < 1.29 is 34.0 Å². The summed E-state index contributed by atoms with van der Waals surface area (Å²) in [6.45, 7) is 7.86. The predicted octanol–water partition coefficient (Wildman–Crippen LogP) is 5.62. The van der Waals surface area contributed by atoms with E-state index in [2.05, 4.69) is 27.9 Å². The van der Waals surface area contributed by atoms with Crippen LogP contribution in [0.4, 0.5) is 0 Å². The lowest BCUT2D eigenvalue weighted by molar-refractivity contribution is -0.277. The Balaban J connectivity index is 0.000000368. The molecule has 3 aromatic carbocycles. The van der Waals surface area contributed by atoms with Crippen molar-refractivity contribution in [2.75, 3.05) is 13.7 Å². The molecule has 0 atom stereocenters. The van der Waals surface area contributed by atoms with Gasteiger partial charge in [0.05, 0.1) is 31.3 Å². The zero-order valence-electron chi connectivity index (χ0n) is 21.8. The molecule has 0 amide bonds. The minimum Gasteiger partial charge on any atom is -0.492 e. The topological polar surface area (TPSA) is 123 Å². The summed E-state index contributed by atoms with van der Waals surface area (Å²) in [5.74, 6) is 4.28. The summed E-state index contributed by atoms with van der Waals surface area (Å²) in [5, 5.41) is 21.2. The van der Waals surface area contributed by atoms with Crippen molar-refractivity contribution in [2.45, 2.75) is 46.1 Å². The molecule has 0 unspecified atom stereocenters. The minimum absolute atomic E-state index is 0.0363. The lowest BCUT2D eigenvalue weighted by Gasteiger charge is -2.18. The van der Waals surface area contributed by atoms with E-state index >= 15 is 0 Å². The van der Waals surface area contributed by atoms with Gasteiger partial charge in [-0.1, -0.05) is 30.3 Å². The van der Waals surface area contributed by atoms with Crippen LogP contribution in [-0.2, 0) is 27.5 Å². The zero-order valence-corrected chi connectivity index (χ0v) is 21.8. The van der Waals surface area contributed by atoms with Crippen LogP contribution in [-0.4, -0.2) is 35.5 Å². The molecule has 0 saturated heterocycles. The summed E-state index contributed by atoms with van der Waals surface area (Å²) in [7, 11) is 1.33. The fourth-order valence-electron chi connectivity index (χ4n) is 4.27. The molecule has 8 heteroatoms. The maximum Gasteiger partial charge on any atom is 0.371 e. The third-order valence-corrected chi connectivity index (χ3v) is 5.60. The van der Waals surface area contributed by atoms with Gasteiger partial charge in [-0.25, -0.2) is 9.30 Å². The van der Waals surface area contributed by atoms with E-state index in [4.69, 9.17) is 14.3 Å². The first-order valence-corrected chi connectivity index (χ1v) is 11.9. The number of hydrogen-bond acceptors (Lipinski definition) is 6. The van der Waals surface area contributed by atoms with Crippen molar-refractivity contribution in [2.24, 2.45) is 5.90 Å². The number of benzene rings is 3. The molecule has 1 aliphatic heterocycles. The van der Waals surface area contributed by atoms with Gasteiger partial charge in [-0.3, -0.25) is 4.79 Å². The molecule has 1 aliphatic rings. The quantitative estimate of drug-likeness (QED) is 0.184. The zero-order chi connectivity index (χ0) is 27.2. The molecule has 37 heavy (non-hydrogen) atoms. The molecule has 0 bridgehead atoms. The number of aliphatic carboxylic acids is 1. The SMILES string of the molecule is CC(C)(C)O.COON.Cc1cc2ccccc2c(-c2ccc3c4c(cc[o+]c24)CCO3)c1CC(=O)O. The van der Waals surface area contributed by atoms with Gasteiger partial charge in [0.1, 0.15) is 11.1 Å². The van der Waals surface area contributed by atoms with Gasteiger partial charge >= 0.3 is 17.8 Å². The van der Waals surface area contributed by atoms with Gasteiger partial charge in [0.15, 0.2) is 0 Å². The molecule has 1 aromatic heterocycles. The second kappa shape index (κ2) is 12.1. The molecule has 0 saturated carbocycles. The summed E-state index contributed by atoms with van der Waals surface area (Å²) >= 11 is 0. The number of nitrogens with two attached hydrogens (primary N) is 1. The van der Waals surface area contributed by atoms with Crippen LogP contribution in [0.1, 0.15) is 37.5 Å². The first-order chi connectivity index (χ1) is 17.5. The van der Waals surface area contributed by atoms with Crippen molar-refractivity contribution in [1.82, 2.24) is 0 Å². The Hall–Kier alpha value is -3.56. The van der Waals surface area contributed by atoms with Crippen LogP contribution in [0, 0.1) is 6.92 Å². The number of rotatable bonds is 4. The van der Waals surface area contributed by atoms with E-state index in [9.17, 15) is 9.90 Å². The highest BCUT2D eigenvalue weighted by Gasteiger charge is 2.27. The number of aliphatic hydroxyl groups is 1. The van der Waals surface area contributed by atoms with Crippen molar-refractivity contribution in [3.05, 3.63) is 71.5 Å². The van der Waals surface area contributed by atoms with Crippen LogP contribution >= 0.6 is 0 Å². The third-order valence-electron chi connectivity index (χ3n) is 5.60. The van der Waals surface area contributed by atoms with E-state index in [0.29, 0.717) is 6.61 Å². The molecule has 5 rings (SSSR count). The second-order valence-electron chi connectivity index (χ2n) is 9.63. The average molecular weight is 509 g/mol. The molecular weight excluding hydrogens is 474 g/mol. The third kappa shape index (κ3) is 7.02. The van der Waals surface area contributed by atoms with Gasteiger partial charge in [0, 0.05) is 18.1 Å². The van der Waals surface area contributed by atoms with Gasteiger partial charge in [0.2, 0.25) is 0 Å². The molecule has 2 heterocycles. The van der Waals surface area contributed by atoms with Crippen LogP contribution in [0.25, 0.3) is 32.9 Å². The Labute approximate surface area is 216 Å². The first-order valence-electron chi connectivity index (χ1n) is 11.9. The lowest BCUT2D eigenvalue weighted by Crippen LogP contribution is -2.10. The number of hydrogen-bond donors (Lipinski definition) is 3. The van der Waals surface area contributed by atoms with E-state index in [1.54, 1.807) is 27.0 Å². The summed E-state index contributed by atoms with van der Waals surface area (Å²) in [6.07, 6.45) is 2.51. The molecule has 4 aromatic rings. The van der Waals surface area contributed by atoms with Gasteiger partial charge in [-0.15, -0.1) is 4.99 Å². The normalized spacial score (nSPS) is 12.2. The fraction of sp³-hybridized carbons (Fsp3) is 0.310. The highest BCUT2D eigenvalue weighted by molar-refractivity contribution is 6.07. The molecule has 4 N–H and O–H groups in total. The fourth-order valence-corrected chi connectivity index (χ4v) is 4.27. The number of fused-ring (bicyclic) bond motifs is 1. The Kier molecular flexibility index (Phi) is 9.18. The monoisotopic (exact) mass is 508 g/mol. The number of carbonyl (C=O) groups is 1. The van der Waals surface area contributed by atoms with E-state index in [0.717, 1.165) is 56.2 Å². The van der Waals surface area contributed by atoms with E-state index in [1.165, 1.54) is 12.7 Å². The summed E-state index contributed by atoms with van der Waals surface area (Å²) in [5.41, 5.74) is 5.06. The van der Waals surface area contributed by atoms with Gasteiger partial charge in [-0.2, -0.15) is 5.90 Å². The standard InChI is InChI=1S/C24H18O4.C4H10O.CH5NO2/c1-14-12-16-4-2-3-5-17(16)23(19(14)13-21(25)26)18-6-7-20-22-15(8-10-27-20)9-11-28-24(18)22;1-4(2,3)5;1-3-4-2/h2-7,9,11-12H,8,10,13H2,1H3;5H,1-3H3;2H2,1H3/p+1. The Bertz CT molecular complexity index is 1370. The smallest absolute Gasteiger partial charge is 0.371 e. The van der Waals surface area contributed by atoms with E-state index < -0.39 is 11.6 Å². The Morgan fingerprint density at radius 2 is 1.84 bits per heavy atom. The largest absolute Gasteiger partial charge is 0.492 e. The molecule has 0 radical (unpaired) electrons. The first kappa shape index (κ1) is 28.0. The number of carboxylic acid groups (broad SMARTS) is 1. The predicted molar refractivity (Wildman–Crippen MR) is 143 cm³/mol. The van der Waals surface area contributed by atoms with Crippen LogP contribution in [0.15, 0.2) is 59.2 Å². The molecule has 0 fully saturated rings. The minimum atomic E-state index is -0.845. The highest BCUT2D eigenvalue weighted by Crippen LogP contribution is 2.43. The summed E-state index contributed by atoms with van der Waals surface area (Å²) in [4.78, 5) is 19.0. The molecule has 0 aliphatic carbocycles. The maximum atomic E-state index is 11.6. The number of carboxylic acids is 1. The Morgan fingerprint density at radius 3 is 2.49 bits per heavy atom. The van der Waals surface area contributed by atoms with Crippen molar-refractivity contribution in [3.8, 4) is 16.9 Å². The molecular formula is C29H34NO7+.